The normalized spacial score (nSPS) is 13.2. The summed E-state index contributed by atoms with van der Waals surface area (Å²) in [7, 11) is 5.46. The van der Waals surface area contributed by atoms with Crippen molar-refractivity contribution in [2.45, 2.75) is 108 Å². The van der Waals surface area contributed by atoms with Crippen molar-refractivity contribution in [1.29, 1.82) is 0 Å². The van der Waals surface area contributed by atoms with Gasteiger partial charge in [0.25, 0.3) is 0 Å². The van der Waals surface area contributed by atoms with Gasteiger partial charge in [0, 0.05) is 0 Å². The van der Waals surface area contributed by atoms with Gasteiger partial charge in [0.1, 0.15) is 23.0 Å². The van der Waals surface area contributed by atoms with Crippen LogP contribution in [0.15, 0.2) is 48.5 Å². The summed E-state index contributed by atoms with van der Waals surface area (Å²) in [5.41, 5.74) is 10.1. The van der Waals surface area contributed by atoms with Crippen LogP contribution in [0.5, 0.6) is 23.0 Å². The van der Waals surface area contributed by atoms with E-state index in [1.165, 1.54) is 65.7 Å². The fourth-order valence-electron chi connectivity index (χ4n) is 10.1. The molecule has 53 heavy (non-hydrogen) atoms. The molecule has 0 aliphatic carbocycles. The van der Waals surface area contributed by atoms with Gasteiger partial charge >= 0.3 is 0 Å². The average molecular weight is 757 g/mol. The molecule has 6 heteroatoms. The highest BCUT2D eigenvalue weighted by atomic mass is 31.1. The van der Waals surface area contributed by atoms with Gasteiger partial charge in [0.05, 0.1) is 28.4 Å². The van der Waals surface area contributed by atoms with Crippen LogP contribution in [0.4, 0.5) is 0 Å². The monoisotopic (exact) mass is 756 g/mol. The predicted molar refractivity (Wildman–Crippen MR) is 233 cm³/mol. The van der Waals surface area contributed by atoms with Crippen LogP contribution in [-0.2, 0) is 0 Å². The van der Waals surface area contributed by atoms with Crippen molar-refractivity contribution in [1.82, 2.24) is 0 Å². The Morgan fingerprint density at radius 3 is 0.660 bits per heavy atom. The van der Waals surface area contributed by atoms with E-state index in [1.807, 2.05) is 0 Å². The number of methoxy groups -OCH3 is 4. The van der Waals surface area contributed by atoms with Gasteiger partial charge in [-0.05, 0) is 214 Å². The van der Waals surface area contributed by atoms with Crippen LogP contribution in [0.2, 0.25) is 0 Å². The number of rotatable bonds is 14. The second-order valence-corrected chi connectivity index (χ2v) is 20.9. The molecule has 0 radical (unpaired) electrons. The van der Waals surface area contributed by atoms with Gasteiger partial charge in [-0.15, -0.1) is 0 Å². The molecular formula is C47H66O4P2. The minimum atomic E-state index is -0.841. The molecule has 0 fully saturated rings. The summed E-state index contributed by atoms with van der Waals surface area (Å²) < 4.78 is 23.6. The molecule has 4 aromatic carbocycles. The van der Waals surface area contributed by atoms with Gasteiger partial charge in [0.15, 0.2) is 0 Å². The van der Waals surface area contributed by atoms with E-state index in [2.05, 4.69) is 145 Å². The van der Waals surface area contributed by atoms with Crippen molar-refractivity contribution in [2.75, 3.05) is 28.4 Å². The number of ether oxygens (including phenoxy) is 4. The summed E-state index contributed by atoms with van der Waals surface area (Å²) in [6.07, 6.45) is 0. The lowest BCUT2D eigenvalue weighted by molar-refractivity contribution is 0.111. The van der Waals surface area contributed by atoms with Crippen molar-refractivity contribution in [3.05, 3.63) is 93.0 Å². The molecule has 2 unspecified atom stereocenters. The first-order valence-corrected chi connectivity index (χ1v) is 21.9. The third-order valence-corrected chi connectivity index (χ3v) is 17.6. The lowest BCUT2D eigenvalue weighted by atomic mass is 9.64. The Hall–Kier alpha value is -3.06. The Morgan fingerprint density at radius 2 is 0.528 bits per heavy atom. The molecule has 0 aliphatic heterocycles. The molecule has 4 rings (SSSR count). The molecule has 0 heterocycles. The molecule has 0 N–H and O–H groups in total. The molecule has 0 bridgehead atoms. The van der Waals surface area contributed by atoms with Gasteiger partial charge in [-0.1, -0.05) is 41.5 Å². The second-order valence-electron chi connectivity index (χ2n) is 15.9. The molecule has 0 amide bonds. The van der Waals surface area contributed by atoms with E-state index in [4.69, 9.17) is 18.9 Å². The minimum absolute atomic E-state index is 0.0651. The van der Waals surface area contributed by atoms with Crippen molar-refractivity contribution < 1.29 is 18.9 Å². The number of hydrogen-bond acceptors (Lipinski definition) is 4. The fraction of sp³-hybridized carbons (Fsp3) is 0.489. The van der Waals surface area contributed by atoms with Gasteiger partial charge in [0.2, 0.25) is 0 Å². The fourth-order valence-corrected chi connectivity index (χ4v) is 17.8. The van der Waals surface area contributed by atoms with E-state index in [0.29, 0.717) is 23.2 Å². The predicted octanol–water partition coefficient (Wildman–Crippen LogP) is 10.8. The molecule has 0 saturated carbocycles. The summed E-state index contributed by atoms with van der Waals surface area (Å²) in [5.74, 6) is 4.69. The minimum Gasteiger partial charge on any atom is -0.496 e. The second kappa shape index (κ2) is 17.2. The van der Waals surface area contributed by atoms with Crippen LogP contribution in [0.1, 0.15) is 86.1 Å². The van der Waals surface area contributed by atoms with Crippen molar-refractivity contribution in [2.24, 2.45) is 17.3 Å². The lowest BCUT2D eigenvalue weighted by Gasteiger charge is -2.55. The third kappa shape index (κ3) is 7.89. The van der Waals surface area contributed by atoms with E-state index in [0.717, 1.165) is 23.0 Å². The number of aryl methyl sites for hydroxylation is 8. The van der Waals surface area contributed by atoms with Gasteiger partial charge < -0.3 is 18.9 Å². The molecule has 2 atom stereocenters. The van der Waals surface area contributed by atoms with Crippen LogP contribution >= 0.6 is 15.8 Å². The van der Waals surface area contributed by atoms with Crippen LogP contribution in [0.25, 0.3) is 0 Å². The lowest BCUT2D eigenvalue weighted by Crippen LogP contribution is -2.52. The molecule has 0 spiro atoms. The Morgan fingerprint density at radius 1 is 0.358 bits per heavy atom. The standard InChI is InChI=1S/C47H66O4P2/c1-27(2)47(28(3)4,37(13)52(39-19-29(5)43(48-15)30(6)20-39)40-21-31(7)44(49-16)32(8)22-40)38(14)53(41-23-33(9)45(50-17)34(10)24-41)42-25-35(11)46(51-18)36(12)26-42/h19-28,37-38H,1-18H3. The van der Waals surface area contributed by atoms with Crippen LogP contribution in [0, 0.1) is 72.6 Å². The highest BCUT2D eigenvalue weighted by molar-refractivity contribution is 7.74. The smallest absolute Gasteiger partial charge is 0.124 e. The number of benzene rings is 4. The first-order valence-electron chi connectivity index (χ1n) is 19.1. The van der Waals surface area contributed by atoms with Crippen LogP contribution < -0.4 is 40.2 Å². The zero-order chi connectivity index (χ0) is 39.7. The van der Waals surface area contributed by atoms with Crippen molar-refractivity contribution in [3.63, 3.8) is 0 Å². The van der Waals surface area contributed by atoms with Gasteiger partial charge in [-0.3, -0.25) is 0 Å². The maximum atomic E-state index is 5.90. The SMILES string of the molecule is COc1c(C)cc(P(c2cc(C)c(OC)c(C)c2)C(C)C(C(C)C)(C(C)C)C(C)P(c2cc(C)c(OC)c(C)c2)c2cc(C)c(OC)c(C)c2)cc1C. The summed E-state index contributed by atoms with van der Waals surface area (Å²) in [6.45, 7) is 32.7. The third-order valence-electron chi connectivity index (χ3n) is 11.9. The highest BCUT2D eigenvalue weighted by Crippen LogP contribution is 2.63. The molecule has 0 aromatic heterocycles. The molecular weight excluding hydrogens is 690 g/mol. The topological polar surface area (TPSA) is 36.9 Å². The highest BCUT2D eigenvalue weighted by Gasteiger charge is 2.52. The van der Waals surface area contributed by atoms with E-state index in [1.54, 1.807) is 28.4 Å². The summed E-state index contributed by atoms with van der Waals surface area (Å²) >= 11 is 0. The maximum Gasteiger partial charge on any atom is 0.124 e. The Bertz CT molecular complexity index is 1580. The van der Waals surface area contributed by atoms with E-state index < -0.39 is 15.8 Å². The molecule has 288 valence electrons. The van der Waals surface area contributed by atoms with Crippen LogP contribution in [-0.4, -0.2) is 39.8 Å². The first-order chi connectivity index (χ1) is 24.9. The largest absolute Gasteiger partial charge is 0.496 e. The summed E-state index contributed by atoms with van der Waals surface area (Å²) in [4.78, 5) is 0. The molecule has 0 saturated heterocycles. The van der Waals surface area contributed by atoms with Crippen LogP contribution in [0.3, 0.4) is 0 Å². The summed E-state index contributed by atoms with van der Waals surface area (Å²) in [6, 6.07) is 19.3. The molecule has 0 aliphatic rings. The average Bonchev–Trinajstić information content (AvgIpc) is 3.04. The van der Waals surface area contributed by atoms with Gasteiger partial charge in [-0.25, -0.2) is 0 Å². The first kappa shape index (κ1) is 42.7. The van der Waals surface area contributed by atoms with E-state index >= 15 is 0 Å². The maximum absolute atomic E-state index is 5.90. The molecule has 4 nitrogen and oxygen atoms in total. The Kier molecular flexibility index (Phi) is 13.8. The van der Waals surface area contributed by atoms with E-state index in [9.17, 15) is 0 Å². The Balaban J connectivity index is 2.13. The quantitative estimate of drug-likeness (QED) is 0.120. The zero-order valence-corrected chi connectivity index (χ0v) is 37.7. The zero-order valence-electron chi connectivity index (χ0n) is 36.0. The van der Waals surface area contributed by atoms with E-state index in [-0.39, 0.29) is 5.41 Å². The van der Waals surface area contributed by atoms with Gasteiger partial charge in [-0.2, -0.15) is 0 Å². The summed E-state index contributed by atoms with van der Waals surface area (Å²) in [5, 5.41) is 5.62. The Labute approximate surface area is 324 Å². The molecule has 4 aromatic rings. The number of hydrogen-bond donors (Lipinski definition) is 0. The van der Waals surface area contributed by atoms with Crippen molar-refractivity contribution in [3.8, 4) is 23.0 Å². The van der Waals surface area contributed by atoms with Crippen molar-refractivity contribution >= 4 is 37.1 Å².